The van der Waals surface area contributed by atoms with Crippen molar-refractivity contribution >= 4 is 11.3 Å². The van der Waals surface area contributed by atoms with E-state index in [1.807, 2.05) is 6.92 Å². The van der Waals surface area contributed by atoms with Gasteiger partial charge in [0.2, 0.25) is 0 Å². The van der Waals surface area contributed by atoms with Crippen LogP contribution in [-0.2, 0) is 6.42 Å². The van der Waals surface area contributed by atoms with Gasteiger partial charge >= 0.3 is 0 Å². The molecule has 19 heavy (non-hydrogen) atoms. The van der Waals surface area contributed by atoms with Crippen LogP contribution in [0.3, 0.4) is 0 Å². The van der Waals surface area contributed by atoms with Crippen LogP contribution in [0.2, 0.25) is 0 Å². The molecule has 2 atom stereocenters. The number of hydrogen-bond acceptors (Lipinski definition) is 3. The maximum atomic E-state index is 6.02. The second-order valence-corrected chi connectivity index (χ2v) is 6.50. The van der Waals surface area contributed by atoms with Crippen LogP contribution in [0.1, 0.15) is 58.4 Å². The van der Waals surface area contributed by atoms with Crippen molar-refractivity contribution in [2.24, 2.45) is 5.73 Å². The topological polar surface area (TPSA) is 38.9 Å². The summed E-state index contributed by atoms with van der Waals surface area (Å²) in [5, 5.41) is 1.25. The molecule has 3 rings (SSSR count). The molecule has 0 saturated heterocycles. The van der Waals surface area contributed by atoms with Crippen LogP contribution in [0.25, 0.3) is 0 Å². The molecule has 100 valence electrons. The van der Waals surface area contributed by atoms with Crippen molar-refractivity contribution in [3.8, 4) is 0 Å². The molecular weight excluding hydrogens is 252 g/mol. The van der Waals surface area contributed by atoms with Crippen molar-refractivity contribution < 1.29 is 0 Å². The minimum absolute atomic E-state index is 0.0880. The number of rotatable bonds is 2. The Morgan fingerprint density at radius 1 is 1.37 bits per heavy atom. The molecule has 0 amide bonds. The van der Waals surface area contributed by atoms with E-state index in [2.05, 4.69) is 31.2 Å². The van der Waals surface area contributed by atoms with Crippen molar-refractivity contribution in [2.75, 3.05) is 0 Å². The lowest BCUT2D eigenvalue weighted by atomic mass is 9.83. The Balaban J connectivity index is 2.02. The van der Waals surface area contributed by atoms with Gasteiger partial charge in [0.15, 0.2) is 0 Å². The van der Waals surface area contributed by atoms with E-state index in [0.29, 0.717) is 5.92 Å². The number of hydrogen-bond donors (Lipinski definition) is 1. The zero-order valence-electron chi connectivity index (χ0n) is 11.5. The van der Waals surface area contributed by atoms with Crippen molar-refractivity contribution in [3.63, 3.8) is 0 Å². The highest BCUT2D eigenvalue weighted by atomic mass is 32.1. The lowest BCUT2D eigenvalue weighted by Gasteiger charge is -2.23. The van der Waals surface area contributed by atoms with Gasteiger partial charge in [-0.15, -0.1) is 11.3 Å². The molecule has 0 saturated carbocycles. The minimum atomic E-state index is 0.0880. The fourth-order valence-electron chi connectivity index (χ4n) is 3.01. The second-order valence-electron chi connectivity index (χ2n) is 5.43. The van der Waals surface area contributed by atoms with Gasteiger partial charge in [-0.3, -0.25) is 0 Å². The van der Waals surface area contributed by atoms with E-state index in [4.69, 9.17) is 10.7 Å². The molecule has 0 bridgehead atoms. The molecule has 2 nitrogen and oxygen atoms in total. The number of benzene rings is 1. The lowest BCUT2D eigenvalue weighted by Crippen LogP contribution is -2.10. The van der Waals surface area contributed by atoms with Gasteiger partial charge in [0.25, 0.3) is 0 Å². The van der Waals surface area contributed by atoms with E-state index in [0.717, 1.165) is 5.69 Å². The van der Waals surface area contributed by atoms with Gasteiger partial charge in [0, 0.05) is 16.8 Å². The van der Waals surface area contributed by atoms with Gasteiger partial charge in [-0.1, -0.05) is 24.3 Å². The first-order chi connectivity index (χ1) is 9.16. The Bertz CT molecular complexity index is 586. The van der Waals surface area contributed by atoms with Crippen LogP contribution in [-0.4, -0.2) is 4.98 Å². The molecular formula is C16H20N2S. The summed E-state index contributed by atoms with van der Waals surface area (Å²) in [5.41, 5.74) is 10.1. The molecule has 1 aliphatic rings. The highest BCUT2D eigenvalue weighted by molar-refractivity contribution is 7.12. The van der Waals surface area contributed by atoms with E-state index in [9.17, 15) is 0 Å². The number of nitrogens with two attached hydrogens (primary N) is 1. The molecule has 1 aromatic carbocycles. The average Bonchev–Trinajstić information content (AvgIpc) is 2.80. The highest BCUT2D eigenvalue weighted by Gasteiger charge is 2.25. The van der Waals surface area contributed by atoms with Gasteiger partial charge in [-0.25, -0.2) is 4.98 Å². The Hall–Kier alpha value is -1.19. The fourth-order valence-corrected chi connectivity index (χ4v) is 4.19. The van der Waals surface area contributed by atoms with Crippen LogP contribution in [0, 0.1) is 6.92 Å². The zero-order valence-corrected chi connectivity index (χ0v) is 12.3. The summed E-state index contributed by atoms with van der Waals surface area (Å²) in [4.78, 5) is 6.03. The first kappa shape index (κ1) is 12.8. The third-order valence-electron chi connectivity index (χ3n) is 3.93. The standard InChI is InChI=1S/C16H20N2S/c1-10(17)15-11(2)18-16(19-15)14-9-5-7-12-6-3-4-8-13(12)14/h3-4,6,8,10,14H,5,7,9,17H2,1-2H3. The molecule has 2 unspecified atom stereocenters. The zero-order chi connectivity index (χ0) is 13.4. The molecule has 2 N–H and O–H groups in total. The van der Waals surface area contributed by atoms with Crippen LogP contribution < -0.4 is 5.73 Å². The molecule has 1 heterocycles. The SMILES string of the molecule is Cc1nc(C2CCCc3ccccc32)sc1C(C)N. The molecule has 0 spiro atoms. The van der Waals surface area contributed by atoms with E-state index in [1.165, 1.54) is 40.3 Å². The fraction of sp³-hybridized carbons (Fsp3) is 0.438. The third kappa shape index (κ3) is 2.33. The predicted octanol–water partition coefficient (Wildman–Crippen LogP) is 3.94. The number of aryl methyl sites for hydroxylation is 2. The van der Waals surface area contributed by atoms with Crippen LogP contribution in [0.5, 0.6) is 0 Å². The normalized spacial score (nSPS) is 20.1. The first-order valence-corrected chi connectivity index (χ1v) is 7.79. The van der Waals surface area contributed by atoms with E-state index in [-0.39, 0.29) is 6.04 Å². The first-order valence-electron chi connectivity index (χ1n) is 6.97. The lowest BCUT2D eigenvalue weighted by molar-refractivity contribution is 0.612. The van der Waals surface area contributed by atoms with Gasteiger partial charge < -0.3 is 5.73 Å². The van der Waals surface area contributed by atoms with Crippen molar-refractivity contribution in [1.82, 2.24) is 4.98 Å². The van der Waals surface area contributed by atoms with Crippen LogP contribution in [0.4, 0.5) is 0 Å². The summed E-state index contributed by atoms with van der Waals surface area (Å²) >= 11 is 1.80. The van der Waals surface area contributed by atoms with Crippen LogP contribution >= 0.6 is 11.3 Å². The number of aromatic nitrogens is 1. The molecule has 3 heteroatoms. The maximum absolute atomic E-state index is 6.02. The van der Waals surface area contributed by atoms with Gasteiger partial charge in [-0.05, 0) is 44.2 Å². The average molecular weight is 272 g/mol. The second kappa shape index (κ2) is 5.06. The smallest absolute Gasteiger partial charge is 0.101 e. The molecule has 2 aromatic rings. The van der Waals surface area contributed by atoms with Crippen molar-refractivity contribution in [3.05, 3.63) is 51.0 Å². The van der Waals surface area contributed by atoms with E-state index < -0.39 is 0 Å². The summed E-state index contributed by atoms with van der Waals surface area (Å²) in [7, 11) is 0. The predicted molar refractivity (Wildman–Crippen MR) is 80.7 cm³/mol. The van der Waals surface area contributed by atoms with Gasteiger partial charge in [0.1, 0.15) is 5.01 Å². The number of fused-ring (bicyclic) bond motifs is 1. The maximum Gasteiger partial charge on any atom is 0.101 e. The number of nitrogens with zero attached hydrogens (tertiary/aromatic N) is 1. The summed E-state index contributed by atoms with van der Waals surface area (Å²) < 4.78 is 0. The summed E-state index contributed by atoms with van der Waals surface area (Å²) in [5.74, 6) is 0.473. The highest BCUT2D eigenvalue weighted by Crippen LogP contribution is 2.39. The van der Waals surface area contributed by atoms with E-state index >= 15 is 0 Å². The van der Waals surface area contributed by atoms with Crippen LogP contribution in [0.15, 0.2) is 24.3 Å². The quantitative estimate of drug-likeness (QED) is 0.899. The minimum Gasteiger partial charge on any atom is -0.323 e. The van der Waals surface area contributed by atoms with Crippen molar-refractivity contribution in [1.29, 1.82) is 0 Å². The van der Waals surface area contributed by atoms with E-state index in [1.54, 1.807) is 11.3 Å². The molecule has 1 aromatic heterocycles. The molecule has 0 radical (unpaired) electrons. The Morgan fingerprint density at radius 3 is 2.89 bits per heavy atom. The molecule has 1 aliphatic carbocycles. The summed E-state index contributed by atoms with van der Waals surface area (Å²) in [6.45, 7) is 4.12. The van der Waals surface area contributed by atoms with Crippen molar-refractivity contribution in [2.45, 2.75) is 45.1 Å². The summed E-state index contributed by atoms with van der Waals surface area (Å²) in [6.07, 6.45) is 3.67. The molecule has 0 aliphatic heterocycles. The monoisotopic (exact) mass is 272 g/mol. The summed E-state index contributed by atoms with van der Waals surface area (Å²) in [6, 6.07) is 8.90. The third-order valence-corrected chi connectivity index (χ3v) is 5.40. The Morgan fingerprint density at radius 2 is 2.16 bits per heavy atom. The van der Waals surface area contributed by atoms with Gasteiger partial charge in [-0.2, -0.15) is 0 Å². The van der Waals surface area contributed by atoms with Gasteiger partial charge in [0.05, 0.1) is 5.69 Å². The number of thiazole rings is 1. The Kier molecular flexibility index (Phi) is 3.42. The molecule has 0 fully saturated rings. The largest absolute Gasteiger partial charge is 0.323 e. The Labute approximate surface area is 118 Å².